The Morgan fingerprint density at radius 2 is 1.87 bits per heavy atom. The Bertz CT molecular complexity index is 1160. The third-order valence-corrected chi connectivity index (χ3v) is 7.98. The molecule has 164 valence electrons. The molecule has 2 aromatic carbocycles. The van der Waals surface area contributed by atoms with Crippen LogP contribution in [0.1, 0.15) is 29.9 Å². The number of carbonyl (C=O) groups is 1. The minimum atomic E-state index is -3.57. The average Bonchev–Trinajstić information content (AvgIpc) is 3.54. The van der Waals surface area contributed by atoms with Gasteiger partial charge in [-0.2, -0.15) is 12.7 Å². The van der Waals surface area contributed by atoms with E-state index >= 15 is 0 Å². The lowest BCUT2D eigenvalue weighted by atomic mass is 9.98. The van der Waals surface area contributed by atoms with Crippen LogP contribution in [-0.4, -0.2) is 51.5 Å². The van der Waals surface area contributed by atoms with Crippen molar-refractivity contribution >= 4 is 54.8 Å². The first kappa shape index (κ1) is 21.8. The summed E-state index contributed by atoms with van der Waals surface area (Å²) < 4.78 is 29.2. The number of nitrogens with two attached hydrogens (primary N) is 1. The molecule has 2 aliphatic rings. The van der Waals surface area contributed by atoms with E-state index in [9.17, 15) is 13.2 Å². The van der Waals surface area contributed by atoms with Crippen molar-refractivity contribution in [1.29, 1.82) is 0 Å². The summed E-state index contributed by atoms with van der Waals surface area (Å²) in [6, 6.07) is 10.8. The van der Waals surface area contributed by atoms with Crippen molar-refractivity contribution in [3.8, 4) is 0 Å². The first-order chi connectivity index (χ1) is 14.7. The number of carbonyl (C=O) groups excluding carboxylic acids is 1. The summed E-state index contributed by atoms with van der Waals surface area (Å²) in [5.41, 5.74) is 9.46. The summed E-state index contributed by atoms with van der Waals surface area (Å²) in [7, 11) is -0.465. The molecule has 0 aromatic heterocycles. The van der Waals surface area contributed by atoms with Crippen molar-refractivity contribution in [2.75, 3.05) is 37.2 Å². The first-order valence-electron chi connectivity index (χ1n) is 9.96. The largest absolute Gasteiger partial charge is 0.398 e. The molecule has 0 spiro atoms. The number of hydrogen-bond acceptors (Lipinski definition) is 5. The van der Waals surface area contributed by atoms with Crippen LogP contribution in [0, 0.1) is 0 Å². The van der Waals surface area contributed by atoms with Gasteiger partial charge in [-0.3, -0.25) is 9.10 Å². The SMILES string of the molecule is CNC(=O)C(=Nc1ccc(Br)cc1)c1cc(C2CC2)c(N2CCN(C)S2(=O)=O)cc1N. The van der Waals surface area contributed by atoms with Gasteiger partial charge < -0.3 is 11.1 Å². The topological polar surface area (TPSA) is 108 Å². The summed E-state index contributed by atoms with van der Waals surface area (Å²) in [6.07, 6.45) is 1.94. The molecule has 0 bridgehead atoms. The molecule has 8 nitrogen and oxygen atoms in total. The summed E-state index contributed by atoms with van der Waals surface area (Å²) >= 11 is 3.39. The monoisotopic (exact) mass is 505 g/mol. The number of nitrogens with one attached hydrogen (secondary N) is 1. The number of anilines is 2. The Morgan fingerprint density at radius 3 is 2.42 bits per heavy atom. The van der Waals surface area contributed by atoms with Gasteiger partial charge in [0.1, 0.15) is 5.71 Å². The number of nitrogen functional groups attached to an aromatic ring is 1. The molecule has 1 aliphatic heterocycles. The number of amides is 1. The zero-order valence-electron chi connectivity index (χ0n) is 17.3. The van der Waals surface area contributed by atoms with Gasteiger partial charge in [-0.05, 0) is 60.7 Å². The van der Waals surface area contributed by atoms with Crippen LogP contribution in [0.25, 0.3) is 0 Å². The van der Waals surface area contributed by atoms with Gasteiger partial charge in [0.05, 0.1) is 11.4 Å². The summed E-state index contributed by atoms with van der Waals surface area (Å²) in [6.45, 7) is 0.787. The van der Waals surface area contributed by atoms with E-state index < -0.39 is 10.2 Å². The molecule has 1 saturated heterocycles. The molecule has 1 aliphatic carbocycles. The molecule has 3 N–H and O–H groups in total. The van der Waals surface area contributed by atoms with Crippen LogP contribution < -0.4 is 15.4 Å². The van der Waals surface area contributed by atoms with Crippen LogP contribution in [0.3, 0.4) is 0 Å². The van der Waals surface area contributed by atoms with E-state index in [0.29, 0.717) is 35.7 Å². The number of aliphatic imine (C=N–C) groups is 1. The van der Waals surface area contributed by atoms with Crippen LogP contribution >= 0.6 is 15.9 Å². The predicted octanol–water partition coefficient (Wildman–Crippen LogP) is 2.77. The van der Waals surface area contributed by atoms with E-state index in [4.69, 9.17) is 5.73 Å². The second-order valence-electron chi connectivity index (χ2n) is 7.69. The number of nitrogens with zero attached hydrogens (tertiary/aromatic N) is 3. The molecule has 1 saturated carbocycles. The maximum absolute atomic E-state index is 12.8. The van der Waals surface area contributed by atoms with Crippen LogP contribution in [0.4, 0.5) is 17.1 Å². The fourth-order valence-corrected chi connectivity index (χ4v) is 5.27. The Labute approximate surface area is 190 Å². The average molecular weight is 506 g/mol. The van der Waals surface area contributed by atoms with Crippen LogP contribution in [0.2, 0.25) is 0 Å². The van der Waals surface area contributed by atoms with Crippen molar-refractivity contribution in [2.45, 2.75) is 18.8 Å². The van der Waals surface area contributed by atoms with Crippen LogP contribution in [0.5, 0.6) is 0 Å². The normalized spacial score (nSPS) is 18.9. The molecule has 0 radical (unpaired) electrons. The maximum atomic E-state index is 12.8. The lowest BCUT2D eigenvalue weighted by molar-refractivity contribution is -0.114. The van der Waals surface area contributed by atoms with E-state index in [1.807, 2.05) is 18.2 Å². The van der Waals surface area contributed by atoms with Crippen molar-refractivity contribution < 1.29 is 13.2 Å². The number of rotatable bonds is 5. The molecule has 1 amide bonds. The Morgan fingerprint density at radius 1 is 1.19 bits per heavy atom. The Balaban J connectivity index is 1.85. The Hall–Kier alpha value is -2.43. The molecule has 4 rings (SSSR count). The third kappa shape index (κ3) is 4.19. The quantitative estimate of drug-likeness (QED) is 0.480. The van der Waals surface area contributed by atoms with Crippen molar-refractivity contribution in [2.24, 2.45) is 4.99 Å². The molecule has 10 heteroatoms. The van der Waals surface area contributed by atoms with Crippen molar-refractivity contribution in [3.63, 3.8) is 0 Å². The highest BCUT2D eigenvalue weighted by Crippen LogP contribution is 2.47. The fourth-order valence-electron chi connectivity index (χ4n) is 3.64. The van der Waals surface area contributed by atoms with Gasteiger partial charge >= 0.3 is 10.2 Å². The lowest BCUT2D eigenvalue weighted by Gasteiger charge is -2.23. The van der Waals surface area contributed by atoms with Gasteiger partial charge in [0, 0.05) is 42.9 Å². The van der Waals surface area contributed by atoms with Gasteiger partial charge in [-0.25, -0.2) is 4.99 Å². The lowest BCUT2D eigenvalue weighted by Crippen LogP contribution is -2.32. The molecular formula is C21H24BrN5O3S. The van der Waals surface area contributed by atoms with E-state index in [1.54, 1.807) is 32.3 Å². The van der Waals surface area contributed by atoms with Crippen molar-refractivity contribution in [3.05, 3.63) is 52.0 Å². The number of benzene rings is 2. The molecule has 0 unspecified atom stereocenters. The third-order valence-electron chi connectivity index (χ3n) is 5.54. The second kappa shape index (κ2) is 8.25. The standard InChI is InChI=1S/C21H24BrN5O3S/c1-24-21(28)20(25-15-7-5-14(22)6-8-15)17-11-16(13-3-4-13)19(12-18(17)23)27-10-9-26(2)31(27,29)30/h5-8,11-13H,3-4,9-10,23H2,1-2H3,(H,24,28). The van der Waals surface area contributed by atoms with Gasteiger partial charge in [0.25, 0.3) is 5.91 Å². The molecule has 31 heavy (non-hydrogen) atoms. The minimum absolute atomic E-state index is 0.192. The van der Waals surface area contributed by atoms with E-state index in [0.717, 1.165) is 22.9 Å². The van der Waals surface area contributed by atoms with Gasteiger partial charge in [-0.15, -0.1) is 0 Å². The van der Waals surface area contributed by atoms with Gasteiger partial charge in [0.2, 0.25) is 0 Å². The number of halogens is 1. The molecule has 0 atom stereocenters. The zero-order chi connectivity index (χ0) is 22.3. The zero-order valence-corrected chi connectivity index (χ0v) is 19.7. The molecule has 1 heterocycles. The van der Waals surface area contributed by atoms with Crippen LogP contribution in [-0.2, 0) is 15.0 Å². The summed E-state index contributed by atoms with van der Waals surface area (Å²) in [5, 5.41) is 2.63. The van der Waals surface area contributed by atoms with Crippen molar-refractivity contribution in [1.82, 2.24) is 9.62 Å². The Kier molecular flexibility index (Phi) is 5.80. The van der Waals surface area contributed by atoms with E-state index in [-0.39, 0.29) is 17.5 Å². The molecular weight excluding hydrogens is 482 g/mol. The van der Waals surface area contributed by atoms with E-state index in [2.05, 4.69) is 26.2 Å². The number of hydrogen-bond donors (Lipinski definition) is 2. The molecule has 2 aromatic rings. The first-order valence-corrected chi connectivity index (χ1v) is 12.2. The highest BCUT2D eigenvalue weighted by atomic mass is 79.9. The van der Waals surface area contributed by atoms with Crippen LogP contribution in [0.15, 0.2) is 45.9 Å². The number of likely N-dealkylation sites (N-methyl/N-ethyl adjacent to an activating group) is 2. The van der Waals surface area contributed by atoms with E-state index in [1.165, 1.54) is 8.61 Å². The second-order valence-corrected chi connectivity index (χ2v) is 10.6. The molecule has 2 fully saturated rings. The summed E-state index contributed by atoms with van der Waals surface area (Å²) in [4.78, 5) is 17.3. The maximum Gasteiger partial charge on any atom is 0.303 e. The highest BCUT2D eigenvalue weighted by molar-refractivity contribution is 9.10. The summed E-state index contributed by atoms with van der Waals surface area (Å²) in [5.74, 6) is -0.119. The smallest absolute Gasteiger partial charge is 0.303 e. The highest BCUT2D eigenvalue weighted by Gasteiger charge is 2.38. The van der Waals surface area contributed by atoms with Gasteiger partial charge in [-0.1, -0.05) is 15.9 Å². The van der Waals surface area contributed by atoms with Gasteiger partial charge in [0.15, 0.2) is 0 Å². The fraction of sp³-hybridized carbons (Fsp3) is 0.333. The minimum Gasteiger partial charge on any atom is -0.398 e. The predicted molar refractivity (Wildman–Crippen MR) is 126 cm³/mol.